The Kier molecular flexibility index (Phi) is 7.45. The van der Waals surface area contributed by atoms with E-state index in [0.717, 1.165) is 12.1 Å². The molecule has 0 spiro atoms. The average Bonchev–Trinajstić information content (AvgIpc) is 2.62. The summed E-state index contributed by atoms with van der Waals surface area (Å²) in [5.41, 5.74) is -0.00745. The molecule has 4 N–H and O–H groups in total. The van der Waals surface area contributed by atoms with Gasteiger partial charge in [0.25, 0.3) is 10.1 Å². The summed E-state index contributed by atoms with van der Waals surface area (Å²) in [6.07, 6.45) is 0. The standard InChI is InChI=1S/C18H14ClN3O6S.Na/c1-9(23)20-12-4-2-3-10-5-6-14(24)17(16(10)12)22-21-13-7-11(19)8-15(18(13)25)29(26,27)28;/h2-8,24-25H,1H3,(H,20,23)(H,26,27,28);. The maximum Gasteiger partial charge on any atom is 0.298 e. The van der Waals surface area contributed by atoms with Crippen molar-refractivity contribution in [3.63, 3.8) is 0 Å². The molecule has 0 bridgehead atoms. The minimum Gasteiger partial charge on any atom is -0.506 e. The van der Waals surface area contributed by atoms with Gasteiger partial charge in [0.1, 0.15) is 22.0 Å². The van der Waals surface area contributed by atoms with Crippen molar-refractivity contribution in [1.29, 1.82) is 0 Å². The van der Waals surface area contributed by atoms with Crippen LogP contribution >= 0.6 is 11.6 Å². The number of carbonyl (C=O) groups excluding carboxylic acids is 1. The minimum absolute atomic E-state index is 0. The first-order valence-corrected chi connectivity index (χ1v) is 9.83. The van der Waals surface area contributed by atoms with E-state index in [1.54, 1.807) is 24.3 Å². The summed E-state index contributed by atoms with van der Waals surface area (Å²) in [7, 11) is -4.76. The summed E-state index contributed by atoms with van der Waals surface area (Å²) in [6.45, 7) is 1.32. The summed E-state index contributed by atoms with van der Waals surface area (Å²) in [5.74, 6) is -1.47. The maximum atomic E-state index is 11.5. The van der Waals surface area contributed by atoms with Crippen LogP contribution in [0.4, 0.5) is 17.1 Å². The van der Waals surface area contributed by atoms with Gasteiger partial charge in [-0.1, -0.05) is 29.8 Å². The van der Waals surface area contributed by atoms with Crippen LogP contribution in [0.5, 0.6) is 11.5 Å². The van der Waals surface area contributed by atoms with E-state index >= 15 is 0 Å². The number of fused-ring (bicyclic) bond motifs is 1. The van der Waals surface area contributed by atoms with Crippen LogP contribution in [0.15, 0.2) is 57.6 Å². The zero-order valence-electron chi connectivity index (χ0n) is 15.8. The zero-order valence-corrected chi connectivity index (χ0v) is 19.4. The van der Waals surface area contributed by atoms with Gasteiger partial charge in [-0.15, -0.1) is 10.2 Å². The molecule has 1 radical (unpaired) electrons. The van der Waals surface area contributed by atoms with Crippen LogP contribution in [0.1, 0.15) is 6.92 Å². The molecule has 0 aromatic heterocycles. The third-order valence-electron chi connectivity index (χ3n) is 3.86. The van der Waals surface area contributed by atoms with Crippen LogP contribution in [0.25, 0.3) is 10.8 Å². The van der Waals surface area contributed by atoms with Gasteiger partial charge in [-0.2, -0.15) is 8.42 Å². The van der Waals surface area contributed by atoms with Gasteiger partial charge in [-0.05, 0) is 29.7 Å². The van der Waals surface area contributed by atoms with Crippen LogP contribution < -0.4 is 5.32 Å². The van der Waals surface area contributed by atoms with E-state index in [0.29, 0.717) is 16.5 Å². The van der Waals surface area contributed by atoms with Crippen molar-refractivity contribution in [3.05, 3.63) is 47.5 Å². The number of hydrogen-bond acceptors (Lipinski definition) is 7. The van der Waals surface area contributed by atoms with E-state index in [9.17, 15) is 28.0 Å². The molecule has 0 aliphatic heterocycles. The number of phenols is 2. The molecule has 0 fully saturated rings. The van der Waals surface area contributed by atoms with Gasteiger partial charge in [0.2, 0.25) is 5.91 Å². The molecular formula is C18H14ClN3NaO6S. The molecule has 3 aromatic rings. The number of hydrogen-bond donors (Lipinski definition) is 4. The van der Waals surface area contributed by atoms with E-state index < -0.39 is 20.8 Å². The van der Waals surface area contributed by atoms with Gasteiger partial charge in [-0.25, -0.2) is 0 Å². The summed E-state index contributed by atoms with van der Waals surface area (Å²) in [5, 5.41) is 31.6. The van der Waals surface area contributed by atoms with Crippen molar-refractivity contribution in [1.82, 2.24) is 0 Å². The van der Waals surface area contributed by atoms with Crippen molar-refractivity contribution in [2.24, 2.45) is 10.2 Å². The van der Waals surface area contributed by atoms with Crippen LogP contribution in [0.2, 0.25) is 5.02 Å². The first-order chi connectivity index (χ1) is 13.6. The molecule has 9 nitrogen and oxygen atoms in total. The Morgan fingerprint density at radius 2 is 1.80 bits per heavy atom. The SMILES string of the molecule is CC(=O)Nc1cccc2ccc(O)c(N=Nc3cc(Cl)cc(S(=O)(=O)O)c3O)c12.[Na]. The summed E-state index contributed by atoms with van der Waals surface area (Å²) >= 11 is 5.83. The Balaban J connectivity index is 0.00000320. The van der Waals surface area contributed by atoms with Crippen LogP contribution in [0, 0.1) is 0 Å². The van der Waals surface area contributed by atoms with E-state index in [1.165, 1.54) is 13.0 Å². The molecule has 0 unspecified atom stereocenters. The number of anilines is 1. The first kappa shape index (κ1) is 24.1. The smallest absolute Gasteiger partial charge is 0.298 e. The van der Waals surface area contributed by atoms with Crippen molar-refractivity contribution in [2.45, 2.75) is 11.8 Å². The van der Waals surface area contributed by atoms with Gasteiger partial charge in [-0.3, -0.25) is 9.35 Å². The number of carbonyl (C=O) groups is 1. The maximum absolute atomic E-state index is 11.5. The number of azo groups is 1. The normalized spacial score (nSPS) is 11.4. The van der Waals surface area contributed by atoms with Gasteiger partial charge in [0, 0.05) is 46.9 Å². The quantitative estimate of drug-likeness (QED) is 0.262. The Bertz CT molecular complexity index is 1280. The number of nitrogens with one attached hydrogen (secondary N) is 1. The second-order valence-corrected chi connectivity index (χ2v) is 7.79. The van der Waals surface area contributed by atoms with E-state index in [1.807, 2.05) is 0 Å². The molecule has 0 aliphatic rings. The molecule has 3 rings (SSSR count). The molecule has 0 saturated carbocycles. The Morgan fingerprint density at radius 3 is 2.43 bits per heavy atom. The largest absolute Gasteiger partial charge is 0.506 e. The number of halogens is 1. The van der Waals surface area contributed by atoms with E-state index in [4.69, 9.17) is 11.6 Å². The predicted molar refractivity (Wildman–Crippen MR) is 113 cm³/mol. The third kappa shape index (κ3) is 5.09. The van der Waals surface area contributed by atoms with Crippen LogP contribution in [-0.4, -0.2) is 58.6 Å². The van der Waals surface area contributed by atoms with Crippen molar-refractivity contribution in [3.8, 4) is 11.5 Å². The molecular weight excluding hydrogens is 445 g/mol. The second-order valence-electron chi connectivity index (χ2n) is 5.96. The van der Waals surface area contributed by atoms with Crippen LogP contribution in [-0.2, 0) is 14.9 Å². The predicted octanol–water partition coefficient (Wildman–Crippen LogP) is 4.14. The van der Waals surface area contributed by atoms with Gasteiger partial charge in [0.15, 0.2) is 5.75 Å². The molecule has 0 heterocycles. The number of aromatic hydroxyl groups is 2. The zero-order chi connectivity index (χ0) is 21.3. The third-order valence-corrected chi connectivity index (χ3v) is 4.95. The molecule has 0 saturated heterocycles. The molecule has 151 valence electrons. The number of nitrogens with zero attached hydrogens (tertiary/aromatic N) is 2. The number of benzene rings is 3. The van der Waals surface area contributed by atoms with E-state index in [-0.39, 0.29) is 57.6 Å². The average molecular weight is 459 g/mol. The second kappa shape index (κ2) is 9.29. The molecule has 3 aromatic carbocycles. The molecule has 12 heteroatoms. The summed E-state index contributed by atoms with van der Waals surface area (Å²) in [4.78, 5) is 10.7. The number of rotatable bonds is 4. The van der Waals surface area contributed by atoms with Crippen molar-refractivity contribution < 1.29 is 28.0 Å². The fourth-order valence-corrected chi connectivity index (χ4v) is 3.58. The van der Waals surface area contributed by atoms with Gasteiger partial charge >= 0.3 is 0 Å². The molecule has 30 heavy (non-hydrogen) atoms. The van der Waals surface area contributed by atoms with Crippen molar-refractivity contribution in [2.75, 3.05) is 5.32 Å². The number of amides is 1. The fourth-order valence-electron chi connectivity index (χ4n) is 2.68. The Morgan fingerprint density at radius 1 is 1.10 bits per heavy atom. The fraction of sp³-hybridized carbons (Fsp3) is 0.0556. The van der Waals surface area contributed by atoms with Crippen LogP contribution in [0.3, 0.4) is 0 Å². The van der Waals surface area contributed by atoms with Gasteiger partial charge in [0.05, 0.1) is 5.69 Å². The summed E-state index contributed by atoms with van der Waals surface area (Å²) in [6, 6.07) is 10.0. The molecule has 0 atom stereocenters. The van der Waals surface area contributed by atoms with E-state index in [2.05, 4.69) is 15.5 Å². The topological polar surface area (TPSA) is 149 Å². The monoisotopic (exact) mass is 458 g/mol. The number of phenolic OH excluding ortho intramolecular Hbond substituents is 2. The van der Waals surface area contributed by atoms with Gasteiger partial charge < -0.3 is 15.5 Å². The minimum atomic E-state index is -4.76. The van der Waals surface area contributed by atoms with Crippen molar-refractivity contribution >= 4 is 85.0 Å². The molecule has 0 aliphatic carbocycles. The molecule has 1 amide bonds. The Hall–Kier alpha value is -2.21. The Labute approximate surface area is 198 Å². The first-order valence-electron chi connectivity index (χ1n) is 8.02. The summed E-state index contributed by atoms with van der Waals surface area (Å²) < 4.78 is 32.0.